The summed E-state index contributed by atoms with van der Waals surface area (Å²) in [6, 6.07) is 2.89. The van der Waals surface area contributed by atoms with Gasteiger partial charge in [-0.25, -0.2) is 4.79 Å². The molecule has 1 aromatic rings. The Morgan fingerprint density at radius 1 is 1.53 bits per heavy atom. The van der Waals surface area contributed by atoms with Gasteiger partial charge >= 0.3 is 11.7 Å². The molecule has 0 spiro atoms. The van der Waals surface area contributed by atoms with Gasteiger partial charge in [-0.2, -0.15) is 0 Å². The van der Waals surface area contributed by atoms with Crippen LogP contribution in [0.4, 0.5) is 5.69 Å². The number of ether oxygens (including phenoxy) is 2. The van der Waals surface area contributed by atoms with Crippen LogP contribution in [0.3, 0.4) is 0 Å². The highest BCUT2D eigenvalue weighted by molar-refractivity contribution is 9.10. The molecule has 0 unspecified atom stereocenters. The minimum Gasteiger partial charge on any atom is -0.486 e. The lowest BCUT2D eigenvalue weighted by Crippen LogP contribution is -2.09. The Morgan fingerprint density at radius 2 is 2.21 bits per heavy atom. The van der Waals surface area contributed by atoms with E-state index in [0.717, 1.165) is 12.8 Å². The maximum Gasteiger partial charge on any atom is 0.345 e. The van der Waals surface area contributed by atoms with Gasteiger partial charge in [0, 0.05) is 0 Å². The SMILES string of the molecule is COC(=O)c1ccc(Br)c(OCC2CC2)c1[N+](=O)[O-]. The highest BCUT2D eigenvalue weighted by Crippen LogP contribution is 2.40. The molecule has 1 aliphatic carbocycles. The van der Waals surface area contributed by atoms with Crippen LogP contribution >= 0.6 is 15.9 Å². The van der Waals surface area contributed by atoms with Gasteiger partial charge in [-0.15, -0.1) is 0 Å². The second-order valence-electron chi connectivity index (χ2n) is 4.28. The Hall–Kier alpha value is -1.63. The predicted molar refractivity (Wildman–Crippen MR) is 70.4 cm³/mol. The fourth-order valence-electron chi connectivity index (χ4n) is 1.63. The van der Waals surface area contributed by atoms with Crippen molar-refractivity contribution in [3.63, 3.8) is 0 Å². The summed E-state index contributed by atoms with van der Waals surface area (Å²) in [5, 5.41) is 11.2. The Morgan fingerprint density at radius 3 is 2.74 bits per heavy atom. The molecule has 0 amide bonds. The fraction of sp³-hybridized carbons (Fsp3) is 0.417. The van der Waals surface area contributed by atoms with E-state index in [-0.39, 0.29) is 17.0 Å². The molecule has 1 aliphatic rings. The average molecular weight is 330 g/mol. The number of carbonyl (C=O) groups excluding carboxylic acids is 1. The van der Waals surface area contributed by atoms with E-state index in [1.165, 1.54) is 13.2 Å². The van der Waals surface area contributed by atoms with Gasteiger partial charge in [0.2, 0.25) is 5.75 Å². The monoisotopic (exact) mass is 329 g/mol. The topological polar surface area (TPSA) is 78.7 Å². The first-order valence-electron chi connectivity index (χ1n) is 5.72. The van der Waals surface area contributed by atoms with Crippen LogP contribution in [0.5, 0.6) is 5.75 Å². The quantitative estimate of drug-likeness (QED) is 0.471. The number of hydrogen-bond acceptors (Lipinski definition) is 5. The molecule has 0 aliphatic heterocycles. The van der Waals surface area contributed by atoms with Gasteiger partial charge in [-0.1, -0.05) is 0 Å². The summed E-state index contributed by atoms with van der Waals surface area (Å²) in [7, 11) is 1.18. The molecule has 1 saturated carbocycles. The number of nitro benzene ring substituents is 1. The molecule has 6 nitrogen and oxygen atoms in total. The third-order valence-electron chi connectivity index (χ3n) is 2.83. The number of rotatable bonds is 5. The van der Waals surface area contributed by atoms with E-state index in [4.69, 9.17) is 4.74 Å². The minimum absolute atomic E-state index is 0.0831. The molecule has 102 valence electrons. The van der Waals surface area contributed by atoms with Crippen molar-refractivity contribution in [2.75, 3.05) is 13.7 Å². The Kier molecular flexibility index (Phi) is 4.04. The van der Waals surface area contributed by atoms with E-state index < -0.39 is 10.9 Å². The van der Waals surface area contributed by atoms with Crippen LogP contribution < -0.4 is 4.74 Å². The van der Waals surface area contributed by atoms with E-state index in [2.05, 4.69) is 20.7 Å². The first kappa shape index (κ1) is 13.8. The lowest BCUT2D eigenvalue weighted by atomic mass is 10.1. The minimum atomic E-state index is -0.754. The summed E-state index contributed by atoms with van der Waals surface area (Å²) in [6.45, 7) is 0.421. The van der Waals surface area contributed by atoms with E-state index in [1.54, 1.807) is 6.07 Å². The zero-order chi connectivity index (χ0) is 14.0. The Balaban J connectivity index is 2.41. The van der Waals surface area contributed by atoms with Gasteiger partial charge in [-0.3, -0.25) is 10.1 Å². The summed E-state index contributed by atoms with van der Waals surface area (Å²) in [6.07, 6.45) is 2.14. The molecule has 0 aromatic heterocycles. The third-order valence-corrected chi connectivity index (χ3v) is 3.46. The second-order valence-corrected chi connectivity index (χ2v) is 5.13. The van der Waals surface area contributed by atoms with Crippen molar-refractivity contribution in [3.8, 4) is 5.75 Å². The molecule has 0 atom stereocenters. The predicted octanol–water partition coefficient (Wildman–Crippen LogP) is 2.93. The molecule has 0 N–H and O–H groups in total. The van der Waals surface area contributed by atoms with Crippen molar-refractivity contribution in [2.45, 2.75) is 12.8 Å². The first-order valence-corrected chi connectivity index (χ1v) is 6.52. The Bertz CT molecular complexity index is 527. The van der Waals surface area contributed by atoms with E-state index >= 15 is 0 Å². The van der Waals surface area contributed by atoms with Gasteiger partial charge in [0.15, 0.2) is 0 Å². The molecular formula is C12H12BrNO5. The van der Waals surface area contributed by atoms with Crippen molar-refractivity contribution in [3.05, 3.63) is 32.3 Å². The smallest absolute Gasteiger partial charge is 0.345 e. The van der Waals surface area contributed by atoms with Crippen LogP contribution in [0.2, 0.25) is 0 Å². The highest BCUT2D eigenvalue weighted by Gasteiger charge is 2.30. The van der Waals surface area contributed by atoms with Crippen LogP contribution in [0.25, 0.3) is 0 Å². The fourth-order valence-corrected chi connectivity index (χ4v) is 2.06. The van der Waals surface area contributed by atoms with E-state index in [1.807, 2.05) is 0 Å². The van der Waals surface area contributed by atoms with Crippen molar-refractivity contribution in [1.29, 1.82) is 0 Å². The number of nitro groups is 1. The standard InChI is InChI=1S/C12H12BrNO5/c1-18-12(15)8-4-5-9(13)11(10(8)14(16)17)19-6-7-2-3-7/h4-5,7H,2-3,6H2,1H3. The molecule has 1 aromatic carbocycles. The van der Waals surface area contributed by atoms with Crippen molar-refractivity contribution >= 4 is 27.6 Å². The van der Waals surface area contributed by atoms with Gasteiger partial charge in [0.25, 0.3) is 0 Å². The summed E-state index contributed by atoms with van der Waals surface area (Å²) in [4.78, 5) is 22.1. The van der Waals surface area contributed by atoms with E-state index in [0.29, 0.717) is 17.0 Å². The summed E-state index contributed by atoms with van der Waals surface area (Å²) < 4.78 is 10.5. The molecule has 0 radical (unpaired) electrons. The number of nitrogens with zero attached hydrogens (tertiary/aromatic N) is 1. The van der Waals surface area contributed by atoms with Crippen LogP contribution in [0.15, 0.2) is 16.6 Å². The number of carbonyl (C=O) groups is 1. The normalized spacial score (nSPS) is 14.0. The summed E-state index contributed by atoms with van der Waals surface area (Å²) in [5.41, 5.74) is -0.469. The zero-order valence-electron chi connectivity index (χ0n) is 10.2. The molecule has 1 fully saturated rings. The molecular weight excluding hydrogens is 318 g/mol. The lowest BCUT2D eigenvalue weighted by molar-refractivity contribution is -0.386. The number of hydrogen-bond donors (Lipinski definition) is 0. The van der Waals surface area contributed by atoms with Gasteiger partial charge in [-0.05, 0) is 46.8 Å². The summed E-state index contributed by atoms with van der Waals surface area (Å²) >= 11 is 3.21. The maximum absolute atomic E-state index is 11.6. The van der Waals surface area contributed by atoms with Crippen molar-refractivity contribution < 1.29 is 19.2 Å². The third kappa shape index (κ3) is 3.04. The van der Waals surface area contributed by atoms with Crippen molar-refractivity contribution in [2.24, 2.45) is 5.92 Å². The largest absolute Gasteiger partial charge is 0.486 e. The molecule has 0 bridgehead atoms. The molecule has 0 saturated heterocycles. The number of benzene rings is 1. The highest BCUT2D eigenvalue weighted by atomic mass is 79.9. The zero-order valence-corrected chi connectivity index (χ0v) is 11.8. The van der Waals surface area contributed by atoms with E-state index in [9.17, 15) is 14.9 Å². The summed E-state index contributed by atoms with van der Waals surface area (Å²) in [5.74, 6) is -0.219. The van der Waals surface area contributed by atoms with Crippen LogP contribution in [-0.2, 0) is 4.74 Å². The number of halogens is 1. The second kappa shape index (κ2) is 5.56. The van der Waals surface area contributed by atoms with Crippen LogP contribution in [0.1, 0.15) is 23.2 Å². The molecule has 7 heteroatoms. The molecule has 0 heterocycles. The van der Waals surface area contributed by atoms with Gasteiger partial charge in [0.1, 0.15) is 5.56 Å². The average Bonchev–Trinajstić information content (AvgIpc) is 3.19. The number of methoxy groups -OCH3 is 1. The molecule has 2 rings (SSSR count). The van der Waals surface area contributed by atoms with Crippen LogP contribution in [0, 0.1) is 16.0 Å². The van der Waals surface area contributed by atoms with Gasteiger partial charge in [0.05, 0.1) is 23.1 Å². The number of esters is 1. The van der Waals surface area contributed by atoms with Crippen LogP contribution in [-0.4, -0.2) is 24.6 Å². The van der Waals surface area contributed by atoms with Gasteiger partial charge < -0.3 is 9.47 Å². The Labute approximate surface area is 118 Å². The lowest BCUT2D eigenvalue weighted by Gasteiger charge is -2.10. The molecule has 19 heavy (non-hydrogen) atoms. The maximum atomic E-state index is 11.6. The first-order chi connectivity index (χ1) is 9.04. The van der Waals surface area contributed by atoms with Crippen molar-refractivity contribution in [1.82, 2.24) is 0 Å².